The molecule has 0 bridgehead atoms. The van der Waals surface area contributed by atoms with E-state index in [4.69, 9.17) is 10.8 Å². The highest BCUT2D eigenvalue weighted by molar-refractivity contribution is 6.02. The Morgan fingerprint density at radius 2 is 1.81 bits per heavy atom. The van der Waals surface area contributed by atoms with Gasteiger partial charge in [0.15, 0.2) is 5.78 Å². The first kappa shape index (κ1) is 12.2. The molecular formula is C12H15NO3. The van der Waals surface area contributed by atoms with Crippen LogP contribution in [0.2, 0.25) is 0 Å². The molecule has 0 saturated carbocycles. The van der Waals surface area contributed by atoms with E-state index in [9.17, 15) is 9.59 Å². The molecule has 1 aromatic rings. The topological polar surface area (TPSA) is 80.4 Å². The van der Waals surface area contributed by atoms with Crippen LogP contribution in [-0.2, 0) is 0 Å². The summed E-state index contributed by atoms with van der Waals surface area (Å²) in [6, 6.07) is 4.26. The highest BCUT2D eigenvalue weighted by Crippen LogP contribution is 2.23. The number of nitrogens with two attached hydrogens (primary N) is 1. The van der Waals surface area contributed by atoms with Crippen LogP contribution >= 0.6 is 0 Å². The summed E-state index contributed by atoms with van der Waals surface area (Å²) >= 11 is 0. The van der Waals surface area contributed by atoms with Gasteiger partial charge >= 0.3 is 5.97 Å². The fourth-order valence-corrected chi connectivity index (χ4v) is 1.33. The smallest absolute Gasteiger partial charge is 0.337 e. The third-order valence-corrected chi connectivity index (χ3v) is 2.23. The summed E-state index contributed by atoms with van der Waals surface area (Å²) in [6.45, 7) is 5.41. The minimum atomic E-state index is -1.09. The standard InChI is InChI=1S/C12H15NO3/c1-12(2,3)10(14)7-4-5-8(11(15)16)9(13)6-7/h4-6H,13H2,1-3H3,(H,15,16). The number of benzene rings is 1. The van der Waals surface area contributed by atoms with Crippen LogP contribution in [0, 0.1) is 5.41 Å². The van der Waals surface area contributed by atoms with Crippen molar-refractivity contribution in [2.45, 2.75) is 20.8 Å². The van der Waals surface area contributed by atoms with Crippen LogP contribution in [-0.4, -0.2) is 16.9 Å². The number of Topliss-reactive ketones (excluding diaryl/α,β-unsaturated/α-hetero) is 1. The fraction of sp³-hybridized carbons (Fsp3) is 0.333. The summed E-state index contributed by atoms with van der Waals surface area (Å²) in [4.78, 5) is 22.6. The van der Waals surface area contributed by atoms with Crippen LogP contribution in [0.1, 0.15) is 41.5 Å². The maximum Gasteiger partial charge on any atom is 0.337 e. The van der Waals surface area contributed by atoms with Gasteiger partial charge in [-0.1, -0.05) is 26.8 Å². The fourth-order valence-electron chi connectivity index (χ4n) is 1.33. The lowest BCUT2D eigenvalue weighted by molar-refractivity contribution is 0.0697. The normalized spacial score (nSPS) is 11.2. The zero-order chi connectivity index (χ0) is 12.5. The SMILES string of the molecule is CC(C)(C)C(=O)c1ccc(C(=O)O)c(N)c1. The van der Waals surface area contributed by atoms with E-state index in [0.29, 0.717) is 5.56 Å². The van der Waals surface area contributed by atoms with E-state index >= 15 is 0 Å². The quantitative estimate of drug-likeness (QED) is 0.592. The Morgan fingerprint density at radius 1 is 1.25 bits per heavy atom. The average Bonchev–Trinajstić information content (AvgIpc) is 2.14. The number of carbonyl (C=O) groups is 2. The monoisotopic (exact) mass is 221 g/mol. The third kappa shape index (κ3) is 2.39. The second-order valence-electron chi connectivity index (χ2n) is 4.69. The lowest BCUT2D eigenvalue weighted by Crippen LogP contribution is -2.20. The largest absolute Gasteiger partial charge is 0.478 e. The Morgan fingerprint density at radius 3 is 2.19 bits per heavy atom. The van der Waals surface area contributed by atoms with Crippen LogP contribution in [0.15, 0.2) is 18.2 Å². The molecule has 4 nitrogen and oxygen atoms in total. The molecule has 4 heteroatoms. The van der Waals surface area contributed by atoms with E-state index in [1.165, 1.54) is 18.2 Å². The Bertz CT molecular complexity index is 444. The molecule has 3 N–H and O–H groups in total. The highest BCUT2D eigenvalue weighted by Gasteiger charge is 2.23. The summed E-state index contributed by atoms with van der Waals surface area (Å²) in [5.41, 5.74) is 5.64. The van der Waals surface area contributed by atoms with E-state index in [1.54, 1.807) is 20.8 Å². The molecule has 1 aromatic carbocycles. The lowest BCUT2D eigenvalue weighted by atomic mass is 9.86. The van der Waals surface area contributed by atoms with Crippen molar-refractivity contribution < 1.29 is 14.7 Å². The summed E-state index contributed by atoms with van der Waals surface area (Å²) in [5, 5.41) is 8.79. The van der Waals surface area contributed by atoms with Gasteiger partial charge in [-0.2, -0.15) is 0 Å². The Balaban J connectivity index is 3.17. The van der Waals surface area contributed by atoms with Crippen molar-refractivity contribution >= 4 is 17.4 Å². The van der Waals surface area contributed by atoms with Crippen molar-refractivity contribution in [1.29, 1.82) is 0 Å². The van der Waals surface area contributed by atoms with Gasteiger partial charge < -0.3 is 10.8 Å². The number of rotatable bonds is 2. The second-order valence-corrected chi connectivity index (χ2v) is 4.69. The van der Waals surface area contributed by atoms with Crippen molar-refractivity contribution in [2.24, 2.45) is 5.41 Å². The molecule has 86 valence electrons. The summed E-state index contributed by atoms with van der Waals surface area (Å²) < 4.78 is 0. The van der Waals surface area contributed by atoms with Gasteiger partial charge in [-0.25, -0.2) is 4.79 Å². The summed E-state index contributed by atoms with van der Waals surface area (Å²) in [6.07, 6.45) is 0. The van der Waals surface area contributed by atoms with E-state index in [-0.39, 0.29) is 17.0 Å². The number of hydrogen-bond acceptors (Lipinski definition) is 3. The minimum Gasteiger partial charge on any atom is -0.478 e. The van der Waals surface area contributed by atoms with Crippen LogP contribution in [0.5, 0.6) is 0 Å². The molecule has 0 unspecified atom stereocenters. The zero-order valence-electron chi connectivity index (χ0n) is 9.57. The van der Waals surface area contributed by atoms with E-state index in [2.05, 4.69) is 0 Å². The van der Waals surface area contributed by atoms with E-state index in [0.717, 1.165) is 0 Å². The molecule has 0 radical (unpaired) electrons. The molecule has 0 amide bonds. The molecule has 0 aliphatic heterocycles. The third-order valence-electron chi connectivity index (χ3n) is 2.23. The van der Waals surface area contributed by atoms with Gasteiger partial charge in [-0.15, -0.1) is 0 Å². The lowest BCUT2D eigenvalue weighted by Gasteiger charge is -2.17. The van der Waals surface area contributed by atoms with Gasteiger partial charge in [-0.3, -0.25) is 4.79 Å². The molecule has 16 heavy (non-hydrogen) atoms. The Kier molecular flexibility index (Phi) is 3.03. The highest BCUT2D eigenvalue weighted by atomic mass is 16.4. The maximum atomic E-state index is 11.9. The number of ketones is 1. The van der Waals surface area contributed by atoms with Gasteiger partial charge in [0, 0.05) is 16.7 Å². The first-order valence-corrected chi connectivity index (χ1v) is 4.91. The molecular weight excluding hydrogens is 206 g/mol. The van der Waals surface area contributed by atoms with E-state index < -0.39 is 11.4 Å². The molecule has 0 spiro atoms. The number of aromatic carboxylic acids is 1. The zero-order valence-corrected chi connectivity index (χ0v) is 9.57. The average molecular weight is 221 g/mol. The van der Waals surface area contributed by atoms with Gasteiger partial charge in [0.2, 0.25) is 0 Å². The van der Waals surface area contributed by atoms with Crippen molar-refractivity contribution in [3.63, 3.8) is 0 Å². The molecule has 0 atom stereocenters. The first-order valence-electron chi connectivity index (χ1n) is 4.91. The van der Waals surface area contributed by atoms with Gasteiger partial charge in [0.25, 0.3) is 0 Å². The van der Waals surface area contributed by atoms with E-state index in [1.807, 2.05) is 0 Å². The summed E-state index contributed by atoms with van der Waals surface area (Å²) in [5.74, 6) is -1.15. The molecule has 0 heterocycles. The molecule has 0 aromatic heterocycles. The molecule has 0 saturated heterocycles. The van der Waals surface area contributed by atoms with Crippen molar-refractivity contribution in [3.8, 4) is 0 Å². The number of anilines is 1. The van der Waals surface area contributed by atoms with Crippen LogP contribution < -0.4 is 5.73 Å². The van der Waals surface area contributed by atoms with Crippen molar-refractivity contribution in [3.05, 3.63) is 29.3 Å². The molecule has 1 rings (SSSR count). The minimum absolute atomic E-state index is 0.0189. The first-order chi connectivity index (χ1) is 7.23. The predicted molar refractivity (Wildman–Crippen MR) is 61.6 cm³/mol. The summed E-state index contributed by atoms with van der Waals surface area (Å²) in [7, 11) is 0. The maximum absolute atomic E-state index is 11.9. The second kappa shape index (κ2) is 3.96. The number of carbonyl (C=O) groups excluding carboxylic acids is 1. The number of hydrogen-bond donors (Lipinski definition) is 2. The Labute approximate surface area is 94.1 Å². The van der Waals surface area contributed by atoms with Crippen LogP contribution in [0.25, 0.3) is 0 Å². The molecule has 0 aliphatic carbocycles. The van der Waals surface area contributed by atoms with Crippen LogP contribution in [0.4, 0.5) is 5.69 Å². The number of carboxylic acid groups (broad SMARTS) is 1. The van der Waals surface area contributed by atoms with Gasteiger partial charge in [0.1, 0.15) is 0 Å². The Hall–Kier alpha value is -1.84. The number of nitrogen functional groups attached to an aromatic ring is 1. The predicted octanol–water partition coefficient (Wildman–Crippen LogP) is 2.20. The molecule has 0 fully saturated rings. The van der Waals surface area contributed by atoms with Gasteiger partial charge in [-0.05, 0) is 12.1 Å². The van der Waals surface area contributed by atoms with Crippen molar-refractivity contribution in [1.82, 2.24) is 0 Å². The number of carboxylic acids is 1. The molecule has 0 aliphatic rings. The van der Waals surface area contributed by atoms with Crippen LogP contribution in [0.3, 0.4) is 0 Å². The van der Waals surface area contributed by atoms with Crippen molar-refractivity contribution in [2.75, 3.05) is 5.73 Å². The van der Waals surface area contributed by atoms with Gasteiger partial charge in [0.05, 0.1) is 5.56 Å².